The standard InChI is InChI=1S/C24H20BrN3O2S/c25-17-10-8-16(9-11-17)22-15-31-24(27-22)28(14-18-4-3-13-30-18)23(29)20-5-1-7-21-19(20)6-2-12-26-21/h1-2,5-12,15,18H,3-4,13-14H2. The molecule has 4 aromatic rings. The number of hydrogen-bond donors (Lipinski definition) is 0. The van der Waals surface area contributed by atoms with Gasteiger partial charge in [-0.05, 0) is 43.2 Å². The molecule has 5 rings (SSSR count). The van der Waals surface area contributed by atoms with Crippen LogP contribution in [0.5, 0.6) is 0 Å². The molecule has 0 aliphatic carbocycles. The largest absolute Gasteiger partial charge is 0.376 e. The van der Waals surface area contributed by atoms with Gasteiger partial charge in [-0.1, -0.05) is 40.2 Å². The number of benzene rings is 2. The Bertz CT molecular complexity index is 1210. The van der Waals surface area contributed by atoms with Gasteiger partial charge in [0.2, 0.25) is 0 Å². The summed E-state index contributed by atoms with van der Waals surface area (Å²) in [5.41, 5.74) is 3.31. The monoisotopic (exact) mass is 493 g/mol. The van der Waals surface area contributed by atoms with E-state index in [4.69, 9.17) is 9.72 Å². The average Bonchev–Trinajstić information content (AvgIpc) is 3.49. The number of carbonyl (C=O) groups is 1. The van der Waals surface area contributed by atoms with Crippen molar-refractivity contribution in [2.45, 2.75) is 18.9 Å². The number of fused-ring (bicyclic) bond motifs is 1. The molecule has 2 aromatic heterocycles. The van der Waals surface area contributed by atoms with Crippen LogP contribution in [0.25, 0.3) is 22.2 Å². The van der Waals surface area contributed by atoms with Crippen molar-refractivity contribution >= 4 is 49.2 Å². The molecular formula is C24H20BrN3O2S. The highest BCUT2D eigenvalue weighted by atomic mass is 79.9. The summed E-state index contributed by atoms with van der Waals surface area (Å²) < 4.78 is 6.87. The van der Waals surface area contributed by atoms with Gasteiger partial charge < -0.3 is 4.74 Å². The van der Waals surface area contributed by atoms with Crippen molar-refractivity contribution in [3.8, 4) is 11.3 Å². The molecule has 0 saturated carbocycles. The molecule has 5 nitrogen and oxygen atoms in total. The molecule has 7 heteroatoms. The summed E-state index contributed by atoms with van der Waals surface area (Å²) in [4.78, 5) is 24.7. The molecule has 1 aliphatic rings. The van der Waals surface area contributed by atoms with Crippen LogP contribution in [0.3, 0.4) is 0 Å². The van der Waals surface area contributed by atoms with Gasteiger partial charge in [0.05, 0.1) is 23.9 Å². The maximum absolute atomic E-state index is 13.7. The van der Waals surface area contributed by atoms with E-state index in [-0.39, 0.29) is 12.0 Å². The zero-order chi connectivity index (χ0) is 21.2. The second-order valence-corrected chi connectivity index (χ2v) is 9.20. The van der Waals surface area contributed by atoms with Gasteiger partial charge in [0, 0.05) is 39.2 Å². The Balaban J connectivity index is 1.52. The fraction of sp³-hybridized carbons (Fsp3) is 0.208. The minimum Gasteiger partial charge on any atom is -0.376 e. The summed E-state index contributed by atoms with van der Waals surface area (Å²) in [5, 5.41) is 3.52. The highest BCUT2D eigenvalue weighted by Crippen LogP contribution is 2.31. The molecule has 3 heterocycles. The summed E-state index contributed by atoms with van der Waals surface area (Å²) in [6, 6.07) is 17.5. The summed E-state index contributed by atoms with van der Waals surface area (Å²) in [6.45, 7) is 1.23. The molecule has 0 radical (unpaired) electrons. The number of carbonyl (C=O) groups excluding carboxylic acids is 1. The third-order valence-electron chi connectivity index (χ3n) is 5.39. The Morgan fingerprint density at radius 1 is 1.16 bits per heavy atom. The molecule has 1 fully saturated rings. The minimum absolute atomic E-state index is 0.0251. The quantitative estimate of drug-likeness (QED) is 0.344. The Kier molecular flexibility index (Phi) is 5.80. The predicted molar refractivity (Wildman–Crippen MR) is 128 cm³/mol. The van der Waals surface area contributed by atoms with Crippen molar-refractivity contribution < 1.29 is 9.53 Å². The Hall–Kier alpha value is -2.61. The molecule has 156 valence electrons. The van der Waals surface area contributed by atoms with Crippen LogP contribution >= 0.6 is 27.3 Å². The number of amides is 1. The minimum atomic E-state index is -0.0780. The molecule has 31 heavy (non-hydrogen) atoms. The maximum atomic E-state index is 13.7. The smallest absolute Gasteiger partial charge is 0.260 e. The highest BCUT2D eigenvalue weighted by molar-refractivity contribution is 9.10. The zero-order valence-corrected chi connectivity index (χ0v) is 19.1. The van der Waals surface area contributed by atoms with Crippen molar-refractivity contribution in [1.29, 1.82) is 0 Å². The first-order valence-electron chi connectivity index (χ1n) is 10.2. The molecule has 1 atom stereocenters. The number of nitrogens with zero attached hydrogens (tertiary/aromatic N) is 3. The molecule has 1 unspecified atom stereocenters. The molecular weight excluding hydrogens is 474 g/mol. The highest BCUT2D eigenvalue weighted by Gasteiger charge is 2.27. The Labute approximate surface area is 192 Å². The number of rotatable bonds is 5. The summed E-state index contributed by atoms with van der Waals surface area (Å²) in [6.07, 6.45) is 3.74. The fourth-order valence-corrected chi connectivity index (χ4v) is 4.92. The number of aromatic nitrogens is 2. The number of halogens is 1. The second kappa shape index (κ2) is 8.86. The first-order chi connectivity index (χ1) is 15.2. The van der Waals surface area contributed by atoms with Gasteiger partial charge in [-0.15, -0.1) is 11.3 Å². The lowest BCUT2D eigenvalue weighted by Crippen LogP contribution is -2.37. The van der Waals surface area contributed by atoms with Crippen LogP contribution in [0.15, 0.2) is 70.6 Å². The van der Waals surface area contributed by atoms with Gasteiger partial charge in [0.25, 0.3) is 5.91 Å². The van der Waals surface area contributed by atoms with Gasteiger partial charge in [0.15, 0.2) is 5.13 Å². The molecule has 0 spiro atoms. The average molecular weight is 494 g/mol. The van der Waals surface area contributed by atoms with Gasteiger partial charge in [-0.2, -0.15) is 0 Å². The van der Waals surface area contributed by atoms with Crippen molar-refractivity contribution in [2.75, 3.05) is 18.1 Å². The van der Waals surface area contributed by atoms with Crippen LogP contribution in [0, 0.1) is 0 Å². The SMILES string of the molecule is O=C(c1cccc2ncccc12)N(CC1CCCO1)c1nc(-c2ccc(Br)cc2)cs1. The van der Waals surface area contributed by atoms with E-state index < -0.39 is 0 Å². The van der Waals surface area contributed by atoms with Crippen LogP contribution in [-0.2, 0) is 4.74 Å². The first kappa shape index (κ1) is 20.3. The van der Waals surface area contributed by atoms with Crippen LogP contribution < -0.4 is 4.90 Å². The van der Waals surface area contributed by atoms with Gasteiger partial charge in [0.1, 0.15) is 0 Å². The van der Waals surface area contributed by atoms with Gasteiger partial charge in [-0.3, -0.25) is 14.7 Å². The fourth-order valence-electron chi connectivity index (χ4n) is 3.82. The van der Waals surface area contributed by atoms with Gasteiger partial charge >= 0.3 is 0 Å². The van der Waals surface area contributed by atoms with E-state index in [0.717, 1.165) is 46.1 Å². The van der Waals surface area contributed by atoms with Crippen LogP contribution in [-0.4, -0.2) is 35.1 Å². The summed E-state index contributed by atoms with van der Waals surface area (Å²) in [5.74, 6) is -0.0780. The normalized spacial score (nSPS) is 16.0. The van der Waals surface area contributed by atoms with Crippen molar-refractivity contribution in [1.82, 2.24) is 9.97 Å². The summed E-state index contributed by atoms with van der Waals surface area (Å²) >= 11 is 4.95. The number of anilines is 1. The number of thiazole rings is 1. The van der Waals surface area contributed by atoms with E-state index in [2.05, 4.69) is 20.9 Å². The predicted octanol–water partition coefficient (Wildman–Crippen LogP) is 5.95. The third kappa shape index (κ3) is 4.26. The molecule has 1 aliphatic heterocycles. The van der Waals surface area contributed by atoms with Gasteiger partial charge in [-0.25, -0.2) is 4.98 Å². The lowest BCUT2D eigenvalue weighted by atomic mass is 10.1. The van der Waals surface area contributed by atoms with E-state index in [0.29, 0.717) is 17.2 Å². The van der Waals surface area contributed by atoms with E-state index in [1.807, 2.05) is 60.0 Å². The number of pyridine rings is 1. The van der Waals surface area contributed by atoms with E-state index >= 15 is 0 Å². The van der Waals surface area contributed by atoms with Crippen molar-refractivity contribution in [3.63, 3.8) is 0 Å². The zero-order valence-electron chi connectivity index (χ0n) is 16.7. The Morgan fingerprint density at radius 3 is 2.84 bits per heavy atom. The molecule has 0 bridgehead atoms. The van der Waals surface area contributed by atoms with Crippen LogP contribution in [0.4, 0.5) is 5.13 Å². The maximum Gasteiger partial charge on any atom is 0.260 e. The van der Waals surface area contributed by atoms with E-state index in [1.54, 1.807) is 11.1 Å². The van der Waals surface area contributed by atoms with E-state index in [1.165, 1.54) is 11.3 Å². The number of hydrogen-bond acceptors (Lipinski definition) is 5. The molecule has 1 amide bonds. The van der Waals surface area contributed by atoms with Crippen molar-refractivity contribution in [3.05, 3.63) is 76.2 Å². The Morgan fingerprint density at radius 2 is 2.03 bits per heavy atom. The number of ether oxygens (including phenoxy) is 1. The summed E-state index contributed by atoms with van der Waals surface area (Å²) in [7, 11) is 0. The first-order valence-corrected chi connectivity index (χ1v) is 11.8. The topological polar surface area (TPSA) is 55.3 Å². The molecule has 0 N–H and O–H groups in total. The lowest BCUT2D eigenvalue weighted by molar-refractivity contribution is 0.0918. The van der Waals surface area contributed by atoms with Crippen LogP contribution in [0.1, 0.15) is 23.2 Å². The lowest BCUT2D eigenvalue weighted by Gasteiger charge is -2.23. The molecule has 1 saturated heterocycles. The van der Waals surface area contributed by atoms with Crippen LogP contribution in [0.2, 0.25) is 0 Å². The van der Waals surface area contributed by atoms with Crippen molar-refractivity contribution in [2.24, 2.45) is 0 Å². The second-order valence-electron chi connectivity index (χ2n) is 7.45. The molecule has 2 aromatic carbocycles. The van der Waals surface area contributed by atoms with E-state index in [9.17, 15) is 4.79 Å². The third-order valence-corrected chi connectivity index (χ3v) is 6.79.